The average molecular weight is 288 g/mol. The molecule has 0 aliphatic carbocycles. The number of fused-ring (bicyclic) bond motifs is 1. The van der Waals surface area contributed by atoms with Gasteiger partial charge >= 0.3 is 11.6 Å². The maximum atomic E-state index is 12.8. The van der Waals surface area contributed by atoms with Crippen LogP contribution in [0.5, 0.6) is 0 Å². The molecule has 0 radical (unpaired) electrons. The third-order valence-corrected chi connectivity index (χ3v) is 2.26. The van der Waals surface area contributed by atoms with E-state index in [1.54, 1.807) is 0 Å². The van der Waals surface area contributed by atoms with Crippen LogP contribution < -0.4 is 0 Å². The summed E-state index contributed by atoms with van der Waals surface area (Å²) in [5.74, 6) is -1.43. The van der Waals surface area contributed by atoms with E-state index in [0.717, 1.165) is 6.20 Å². The topological polar surface area (TPSA) is 50.9 Å². The van der Waals surface area contributed by atoms with Crippen molar-refractivity contribution < 1.29 is 27.2 Å². The van der Waals surface area contributed by atoms with Crippen molar-refractivity contribution in [2.45, 2.75) is 11.6 Å². The molecular formula is C8H3ClF5N3O. The van der Waals surface area contributed by atoms with Gasteiger partial charge in [0, 0.05) is 6.20 Å². The number of alkyl halides is 6. The molecule has 2 rings (SSSR count). The van der Waals surface area contributed by atoms with Crippen molar-refractivity contribution >= 4 is 22.8 Å². The molecule has 0 bridgehead atoms. The molecule has 18 heavy (non-hydrogen) atoms. The lowest BCUT2D eigenvalue weighted by Crippen LogP contribution is -2.13. The molecule has 98 valence electrons. The van der Waals surface area contributed by atoms with Crippen LogP contribution >= 0.6 is 11.6 Å². The van der Waals surface area contributed by atoms with Crippen molar-refractivity contribution in [3.8, 4) is 0 Å². The van der Waals surface area contributed by atoms with Crippen LogP contribution in [0.2, 0.25) is 0 Å². The first-order valence-electron chi connectivity index (χ1n) is 4.33. The fourth-order valence-electron chi connectivity index (χ4n) is 1.40. The standard InChI is InChI=1S/C8H3ClF5N3O/c9-7(10,11)6-16-5-4(17(6)18)3(1-2-15-5)8(12,13)14/h1-2,18H. The van der Waals surface area contributed by atoms with Gasteiger partial charge in [-0.15, -0.1) is 0 Å². The Morgan fingerprint density at radius 1 is 1.22 bits per heavy atom. The van der Waals surface area contributed by atoms with Crippen molar-refractivity contribution in [2.75, 3.05) is 0 Å². The van der Waals surface area contributed by atoms with E-state index in [1.165, 1.54) is 0 Å². The summed E-state index contributed by atoms with van der Waals surface area (Å²) in [5.41, 5.74) is -2.99. The van der Waals surface area contributed by atoms with Crippen LogP contribution in [-0.2, 0) is 11.6 Å². The second-order valence-electron chi connectivity index (χ2n) is 3.27. The van der Waals surface area contributed by atoms with E-state index in [1.807, 2.05) is 0 Å². The number of halogens is 6. The van der Waals surface area contributed by atoms with Crippen molar-refractivity contribution in [2.24, 2.45) is 0 Å². The Balaban J connectivity index is 2.83. The highest BCUT2D eigenvalue weighted by Crippen LogP contribution is 2.37. The maximum absolute atomic E-state index is 12.8. The largest absolute Gasteiger partial charge is 0.426 e. The van der Waals surface area contributed by atoms with Crippen LogP contribution in [0.25, 0.3) is 11.2 Å². The minimum absolute atomic E-state index is 0.405. The van der Waals surface area contributed by atoms with Crippen LogP contribution in [0.1, 0.15) is 11.4 Å². The van der Waals surface area contributed by atoms with Gasteiger partial charge in [-0.05, 0) is 17.7 Å². The maximum Gasteiger partial charge on any atom is 0.418 e. The van der Waals surface area contributed by atoms with Crippen LogP contribution in [-0.4, -0.2) is 19.9 Å². The predicted molar refractivity (Wildman–Crippen MR) is 49.5 cm³/mol. The molecule has 0 amide bonds. The summed E-state index contributed by atoms with van der Waals surface area (Å²) in [5, 5.41) is 5.21. The van der Waals surface area contributed by atoms with E-state index in [2.05, 4.69) is 21.6 Å². The number of hydrogen-bond acceptors (Lipinski definition) is 3. The lowest BCUT2D eigenvalue weighted by Gasteiger charge is -2.09. The molecule has 0 spiro atoms. The van der Waals surface area contributed by atoms with Gasteiger partial charge in [-0.1, -0.05) is 0 Å². The first-order valence-corrected chi connectivity index (χ1v) is 4.71. The van der Waals surface area contributed by atoms with E-state index in [0.29, 0.717) is 6.07 Å². The van der Waals surface area contributed by atoms with Crippen molar-refractivity contribution in [1.82, 2.24) is 14.7 Å². The number of hydrogen-bond donors (Lipinski definition) is 1. The van der Waals surface area contributed by atoms with E-state index in [9.17, 15) is 27.2 Å². The summed E-state index contributed by atoms with van der Waals surface area (Å²) in [6, 6.07) is 0.535. The zero-order valence-electron chi connectivity index (χ0n) is 8.21. The molecule has 2 aromatic heterocycles. The number of imidazole rings is 1. The Morgan fingerprint density at radius 2 is 1.83 bits per heavy atom. The fourth-order valence-corrected chi connectivity index (χ4v) is 1.52. The summed E-state index contributed by atoms with van der Waals surface area (Å²) in [6.45, 7) is 0. The molecule has 0 unspecified atom stereocenters. The van der Waals surface area contributed by atoms with Crippen LogP contribution in [0, 0.1) is 0 Å². The Bertz CT molecular complexity index is 603. The Labute approximate surface area is 101 Å². The highest BCUT2D eigenvalue weighted by molar-refractivity contribution is 6.21. The number of aromatic nitrogens is 3. The predicted octanol–water partition coefficient (Wildman–Crippen LogP) is 2.98. The number of rotatable bonds is 1. The Hall–Kier alpha value is -1.64. The van der Waals surface area contributed by atoms with Gasteiger partial charge in [-0.25, -0.2) is 9.97 Å². The van der Waals surface area contributed by atoms with Crippen molar-refractivity contribution in [3.05, 3.63) is 23.7 Å². The van der Waals surface area contributed by atoms with Gasteiger partial charge in [0.15, 0.2) is 5.65 Å². The smallest absolute Gasteiger partial charge is 0.418 e. The second kappa shape index (κ2) is 3.67. The molecule has 10 heteroatoms. The van der Waals surface area contributed by atoms with Gasteiger partial charge in [-0.3, -0.25) is 0 Å². The minimum atomic E-state index is -4.85. The summed E-state index contributed by atoms with van der Waals surface area (Å²) < 4.78 is 63.0. The SMILES string of the molecule is On1c(C(F)(F)Cl)nc2nccc(C(F)(F)F)c21. The number of pyridine rings is 1. The monoisotopic (exact) mass is 287 g/mol. The van der Waals surface area contributed by atoms with Crippen LogP contribution in [0.15, 0.2) is 12.3 Å². The molecule has 2 aromatic rings. The molecule has 0 saturated heterocycles. The molecule has 0 aliphatic rings. The average Bonchev–Trinajstić information content (AvgIpc) is 2.54. The van der Waals surface area contributed by atoms with E-state index in [4.69, 9.17) is 0 Å². The van der Waals surface area contributed by atoms with Gasteiger partial charge in [0.25, 0.3) is 0 Å². The van der Waals surface area contributed by atoms with E-state index < -0.39 is 38.8 Å². The molecular weight excluding hydrogens is 285 g/mol. The lowest BCUT2D eigenvalue weighted by molar-refractivity contribution is -0.137. The third-order valence-electron chi connectivity index (χ3n) is 2.09. The van der Waals surface area contributed by atoms with Gasteiger partial charge in [0.05, 0.1) is 5.56 Å². The molecule has 0 saturated carbocycles. The third kappa shape index (κ3) is 1.94. The molecule has 2 heterocycles. The fraction of sp³-hybridized carbons (Fsp3) is 0.250. The van der Waals surface area contributed by atoms with Crippen molar-refractivity contribution in [1.29, 1.82) is 0 Å². The first-order chi connectivity index (χ1) is 8.12. The summed E-state index contributed by atoms with van der Waals surface area (Å²) in [4.78, 5) is 6.44. The normalized spacial score (nSPS) is 13.2. The molecule has 0 fully saturated rings. The van der Waals surface area contributed by atoms with Crippen LogP contribution in [0.4, 0.5) is 22.0 Å². The van der Waals surface area contributed by atoms with Crippen molar-refractivity contribution in [3.63, 3.8) is 0 Å². The van der Waals surface area contributed by atoms with Gasteiger partial charge in [0.1, 0.15) is 5.52 Å². The quantitative estimate of drug-likeness (QED) is 0.498. The molecule has 4 nitrogen and oxygen atoms in total. The highest BCUT2D eigenvalue weighted by Gasteiger charge is 2.40. The van der Waals surface area contributed by atoms with Gasteiger partial charge in [0.2, 0.25) is 5.82 Å². The number of nitrogens with zero attached hydrogens (tertiary/aromatic N) is 3. The Kier molecular flexibility index (Phi) is 2.61. The van der Waals surface area contributed by atoms with Gasteiger partial charge in [-0.2, -0.15) is 26.7 Å². The molecule has 1 N–H and O–H groups in total. The molecule has 0 aromatic carbocycles. The van der Waals surface area contributed by atoms with E-state index >= 15 is 0 Å². The minimum Gasteiger partial charge on any atom is -0.426 e. The zero-order valence-corrected chi connectivity index (χ0v) is 8.97. The van der Waals surface area contributed by atoms with E-state index in [-0.39, 0.29) is 0 Å². The Morgan fingerprint density at radius 3 is 2.33 bits per heavy atom. The van der Waals surface area contributed by atoms with Crippen LogP contribution in [0.3, 0.4) is 0 Å². The summed E-state index contributed by atoms with van der Waals surface area (Å²) >= 11 is 4.62. The first kappa shape index (κ1) is 12.8. The lowest BCUT2D eigenvalue weighted by atomic mass is 10.2. The summed E-state index contributed by atoms with van der Waals surface area (Å²) in [7, 11) is 0. The second-order valence-corrected chi connectivity index (χ2v) is 3.75. The molecule has 0 atom stereocenters. The highest BCUT2D eigenvalue weighted by atomic mass is 35.5. The van der Waals surface area contributed by atoms with Gasteiger partial charge < -0.3 is 5.21 Å². The molecule has 0 aliphatic heterocycles. The summed E-state index contributed by atoms with van der Waals surface area (Å²) in [6.07, 6.45) is -4.10. The zero-order chi connectivity index (χ0) is 13.7.